The fourth-order valence-corrected chi connectivity index (χ4v) is 1.91. The Bertz CT molecular complexity index is 284. The monoisotopic (exact) mass is 235 g/mol. The maximum atomic E-state index is 5.62. The predicted molar refractivity (Wildman–Crippen MR) is 73.3 cm³/mol. The molecule has 2 heteroatoms. The van der Waals surface area contributed by atoms with Gasteiger partial charge in [0.25, 0.3) is 0 Å². The first kappa shape index (κ1) is 14.2. The highest BCUT2D eigenvalue weighted by Gasteiger charge is 2.08. The van der Waals surface area contributed by atoms with Crippen LogP contribution >= 0.6 is 0 Å². The minimum absolute atomic E-state index is 0.328. The van der Waals surface area contributed by atoms with Crippen LogP contribution in [-0.2, 0) is 11.2 Å². The molecule has 0 saturated carbocycles. The van der Waals surface area contributed by atoms with Crippen LogP contribution in [0.4, 0.5) is 0 Å². The summed E-state index contributed by atoms with van der Waals surface area (Å²) in [6.07, 6.45) is 2.48. The molecule has 1 aromatic carbocycles. The summed E-state index contributed by atoms with van der Waals surface area (Å²) in [4.78, 5) is 0. The van der Waals surface area contributed by atoms with Crippen LogP contribution in [0.15, 0.2) is 30.3 Å². The van der Waals surface area contributed by atoms with Crippen LogP contribution in [0.1, 0.15) is 32.8 Å². The van der Waals surface area contributed by atoms with E-state index in [1.165, 1.54) is 5.56 Å². The maximum absolute atomic E-state index is 5.62. The van der Waals surface area contributed by atoms with Gasteiger partial charge in [-0.3, -0.25) is 0 Å². The third-order valence-corrected chi connectivity index (χ3v) is 2.74. The molecule has 0 amide bonds. The van der Waals surface area contributed by atoms with Crippen molar-refractivity contribution in [1.82, 2.24) is 5.32 Å². The zero-order valence-corrected chi connectivity index (χ0v) is 11.3. The maximum Gasteiger partial charge on any atom is 0.0518 e. The van der Waals surface area contributed by atoms with Gasteiger partial charge >= 0.3 is 0 Å². The molecule has 0 heterocycles. The lowest BCUT2D eigenvalue weighted by atomic mass is 10.0. The van der Waals surface area contributed by atoms with Gasteiger partial charge in [0, 0.05) is 12.6 Å². The van der Waals surface area contributed by atoms with Crippen molar-refractivity contribution >= 4 is 0 Å². The van der Waals surface area contributed by atoms with E-state index in [1.807, 2.05) is 0 Å². The fourth-order valence-electron chi connectivity index (χ4n) is 1.91. The Hall–Kier alpha value is -0.860. The number of hydrogen-bond donors (Lipinski definition) is 1. The molecule has 17 heavy (non-hydrogen) atoms. The Morgan fingerprint density at radius 1 is 1.18 bits per heavy atom. The average Bonchev–Trinajstić information content (AvgIpc) is 2.30. The molecule has 0 aliphatic heterocycles. The second kappa shape index (κ2) is 8.26. The van der Waals surface area contributed by atoms with Crippen molar-refractivity contribution in [3.05, 3.63) is 35.9 Å². The van der Waals surface area contributed by atoms with Gasteiger partial charge in [0.1, 0.15) is 0 Å². The summed E-state index contributed by atoms with van der Waals surface area (Å²) in [6, 6.07) is 11.2. The van der Waals surface area contributed by atoms with E-state index in [0.29, 0.717) is 12.1 Å². The Kier molecular flexibility index (Phi) is 6.90. The lowest BCUT2D eigenvalue weighted by Crippen LogP contribution is -2.32. The van der Waals surface area contributed by atoms with Crippen molar-refractivity contribution in [2.24, 2.45) is 0 Å². The molecule has 0 spiro atoms. The third kappa shape index (κ3) is 6.44. The summed E-state index contributed by atoms with van der Waals surface area (Å²) in [7, 11) is 0. The Balaban J connectivity index is 2.37. The molecule has 1 unspecified atom stereocenters. The van der Waals surface area contributed by atoms with Crippen LogP contribution in [0.5, 0.6) is 0 Å². The molecule has 0 saturated heterocycles. The van der Waals surface area contributed by atoms with Gasteiger partial charge in [-0.1, -0.05) is 37.3 Å². The summed E-state index contributed by atoms with van der Waals surface area (Å²) in [5.74, 6) is 0. The lowest BCUT2D eigenvalue weighted by molar-refractivity contribution is 0.0716. The highest BCUT2D eigenvalue weighted by atomic mass is 16.5. The van der Waals surface area contributed by atoms with E-state index in [0.717, 1.165) is 26.0 Å². The van der Waals surface area contributed by atoms with E-state index in [4.69, 9.17) is 4.74 Å². The number of ether oxygens (including phenoxy) is 1. The molecule has 0 fully saturated rings. The van der Waals surface area contributed by atoms with E-state index < -0.39 is 0 Å². The van der Waals surface area contributed by atoms with Crippen molar-refractivity contribution in [2.75, 3.05) is 13.2 Å². The van der Waals surface area contributed by atoms with E-state index >= 15 is 0 Å². The van der Waals surface area contributed by atoms with E-state index in [2.05, 4.69) is 56.4 Å². The Morgan fingerprint density at radius 3 is 2.47 bits per heavy atom. The smallest absolute Gasteiger partial charge is 0.0518 e. The zero-order valence-electron chi connectivity index (χ0n) is 11.3. The van der Waals surface area contributed by atoms with E-state index in [9.17, 15) is 0 Å². The third-order valence-electron chi connectivity index (χ3n) is 2.74. The van der Waals surface area contributed by atoms with Crippen molar-refractivity contribution in [2.45, 2.75) is 45.8 Å². The first-order valence-corrected chi connectivity index (χ1v) is 6.61. The molecule has 1 atom stereocenters. The molecule has 1 aromatic rings. The van der Waals surface area contributed by atoms with Gasteiger partial charge in [0.2, 0.25) is 0 Å². The first-order valence-electron chi connectivity index (χ1n) is 6.61. The molecular weight excluding hydrogens is 210 g/mol. The highest BCUT2D eigenvalue weighted by molar-refractivity contribution is 5.15. The molecule has 2 nitrogen and oxygen atoms in total. The van der Waals surface area contributed by atoms with Crippen molar-refractivity contribution in [1.29, 1.82) is 0 Å². The Morgan fingerprint density at radius 2 is 1.88 bits per heavy atom. The van der Waals surface area contributed by atoms with Crippen molar-refractivity contribution in [3.63, 3.8) is 0 Å². The summed E-state index contributed by atoms with van der Waals surface area (Å²) in [5, 5.41) is 3.52. The minimum Gasteiger partial charge on any atom is -0.379 e. The SMILES string of the molecule is CCNC(CCOC(C)C)Cc1ccccc1. The number of nitrogens with one attached hydrogen (secondary N) is 1. The van der Waals surface area contributed by atoms with Gasteiger partial charge in [-0.15, -0.1) is 0 Å². The normalized spacial score (nSPS) is 12.9. The van der Waals surface area contributed by atoms with Gasteiger partial charge < -0.3 is 10.1 Å². The van der Waals surface area contributed by atoms with Gasteiger partial charge in [-0.25, -0.2) is 0 Å². The zero-order chi connectivity index (χ0) is 12.5. The fraction of sp³-hybridized carbons (Fsp3) is 0.600. The topological polar surface area (TPSA) is 21.3 Å². The lowest BCUT2D eigenvalue weighted by Gasteiger charge is -2.18. The molecule has 0 aliphatic carbocycles. The van der Waals surface area contributed by atoms with Crippen molar-refractivity contribution in [3.8, 4) is 0 Å². The Labute approximate surface area is 105 Å². The molecule has 96 valence electrons. The average molecular weight is 235 g/mol. The highest BCUT2D eigenvalue weighted by Crippen LogP contribution is 2.06. The summed E-state index contributed by atoms with van der Waals surface area (Å²) >= 11 is 0. The first-order chi connectivity index (χ1) is 8.22. The molecule has 0 bridgehead atoms. The van der Waals surface area contributed by atoms with E-state index in [1.54, 1.807) is 0 Å². The minimum atomic E-state index is 0.328. The number of hydrogen-bond acceptors (Lipinski definition) is 2. The molecular formula is C15H25NO. The second-order valence-corrected chi connectivity index (χ2v) is 4.65. The molecule has 1 N–H and O–H groups in total. The van der Waals surface area contributed by atoms with Gasteiger partial charge in [-0.2, -0.15) is 0 Å². The van der Waals surface area contributed by atoms with Gasteiger partial charge in [-0.05, 0) is 38.8 Å². The number of rotatable bonds is 8. The van der Waals surface area contributed by atoms with Crippen molar-refractivity contribution < 1.29 is 4.74 Å². The largest absolute Gasteiger partial charge is 0.379 e. The number of likely N-dealkylation sites (N-methyl/N-ethyl adjacent to an activating group) is 1. The van der Waals surface area contributed by atoms with Crippen LogP contribution in [0.25, 0.3) is 0 Å². The van der Waals surface area contributed by atoms with Gasteiger partial charge in [0.05, 0.1) is 6.10 Å². The second-order valence-electron chi connectivity index (χ2n) is 4.65. The predicted octanol–water partition coefficient (Wildman–Crippen LogP) is 3.02. The molecule has 0 aliphatic rings. The molecule has 0 aromatic heterocycles. The summed E-state index contributed by atoms with van der Waals surface area (Å²) in [5.41, 5.74) is 1.39. The van der Waals surface area contributed by atoms with Crippen LogP contribution < -0.4 is 5.32 Å². The summed E-state index contributed by atoms with van der Waals surface area (Å²) in [6.45, 7) is 8.17. The van der Waals surface area contributed by atoms with Crippen LogP contribution in [-0.4, -0.2) is 25.3 Å². The molecule has 1 rings (SSSR count). The van der Waals surface area contributed by atoms with Crippen LogP contribution in [0.3, 0.4) is 0 Å². The number of benzene rings is 1. The quantitative estimate of drug-likeness (QED) is 0.748. The van der Waals surface area contributed by atoms with Crippen LogP contribution in [0, 0.1) is 0 Å². The van der Waals surface area contributed by atoms with Crippen LogP contribution in [0.2, 0.25) is 0 Å². The van der Waals surface area contributed by atoms with E-state index in [-0.39, 0.29) is 0 Å². The summed E-state index contributed by atoms with van der Waals surface area (Å²) < 4.78 is 5.62. The van der Waals surface area contributed by atoms with Gasteiger partial charge in [0.15, 0.2) is 0 Å². The standard InChI is InChI=1S/C15H25NO/c1-4-16-15(10-11-17-13(2)3)12-14-8-6-5-7-9-14/h5-9,13,15-16H,4,10-12H2,1-3H3. The molecule has 0 radical (unpaired) electrons.